The number of aromatic nitrogens is 4. The van der Waals surface area contributed by atoms with Crippen LogP contribution in [0.4, 0.5) is 5.82 Å². The molecule has 0 unspecified atom stereocenters. The standard InChI is InChI=1S/C21H19N5O3/c1-3-25(2)19-17-10-9-16(29-15-7-5-4-6-8-15)11-18(17)23-21(24-19)26-13-14(12-22-26)20(27)28/h4-13H,3H2,1-2H3,(H,27,28). The first-order valence-electron chi connectivity index (χ1n) is 9.09. The van der Waals surface area contributed by atoms with Crippen LogP contribution < -0.4 is 9.64 Å². The van der Waals surface area contributed by atoms with Gasteiger partial charge in [-0.1, -0.05) is 18.2 Å². The second-order valence-electron chi connectivity index (χ2n) is 6.43. The number of fused-ring (bicyclic) bond motifs is 1. The normalized spacial score (nSPS) is 10.8. The summed E-state index contributed by atoms with van der Waals surface area (Å²) in [6.07, 6.45) is 2.66. The van der Waals surface area contributed by atoms with Gasteiger partial charge in [0.15, 0.2) is 0 Å². The SMILES string of the molecule is CCN(C)c1nc(-n2cc(C(=O)O)cn2)nc2cc(Oc3ccccc3)ccc12. The highest BCUT2D eigenvalue weighted by Gasteiger charge is 2.15. The Morgan fingerprint density at radius 2 is 1.93 bits per heavy atom. The molecule has 146 valence electrons. The third-order valence-electron chi connectivity index (χ3n) is 4.49. The van der Waals surface area contributed by atoms with Crippen molar-refractivity contribution in [2.45, 2.75) is 6.92 Å². The summed E-state index contributed by atoms with van der Waals surface area (Å²) in [7, 11) is 1.94. The molecule has 0 aliphatic rings. The number of benzene rings is 2. The van der Waals surface area contributed by atoms with E-state index < -0.39 is 5.97 Å². The number of hydrogen-bond donors (Lipinski definition) is 1. The number of rotatable bonds is 6. The second kappa shape index (κ2) is 7.59. The monoisotopic (exact) mass is 389 g/mol. The molecule has 8 nitrogen and oxygen atoms in total. The predicted octanol–water partition coefficient (Wildman–Crippen LogP) is 3.76. The number of carbonyl (C=O) groups is 1. The van der Waals surface area contributed by atoms with E-state index in [-0.39, 0.29) is 11.5 Å². The molecule has 0 fully saturated rings. The van der Waals surface area contributed by atoms with Crippen LogP contribution in [0.2, 0.25) is 0 Å². The van der Waals surface area contributed by atoms with Crippen molar-refractivity contribution in [1.82, 2.24) is 19.7 Å². The molecule has 8 heteroatoms. The van der Waals surface area contributed by atoms with Gasteiger partial charge in [0.25, 0.3) is 5.95 Å². The number of anilines is 1. The van der Waals surface area contributed by atoms with Crippen molar-refractivity contribution in [1.29, 1.82) is 0 Å². The molecule has 1 N–H and O–H groups in total. The smallest absolute Gasteiger partial charge is 0.338 e. The minimum absolute atomic E-state index is 0.0697. The molecule has 29 heavy (non-hydrogen) atoms. The fraction of sp³-hybridized carbons (Fsp3) is 0.143. The van der Waals surface area contributed by atoms with Gasteiger partial charge < -0.3 is 14.7 Å². The minimum atomic E-state index is -1.05. The number of aromatic carboxylic acids is 1. The Hall–Kier alpha value is -3.94. The summed E-state index contributed by atoms with van der Waals surface area (Å²) in [5.74, 6) is 1.33. The molecule has 0 saturated heterocycles. The van der Waals surface area contributed by atoms with Gasteiger partial charge >= 0.3 is 5.97 Å². The Balaban J connectivity index is 1.82. The predicted molar refractivity (Wildman–Crippen MR) is 109 cm³/mol. The van der Waals surface area contributed by atoms with Crippen LogP contribution in [0.1, 0.15) is 17.3 Å². The Kier molecular flexibility index (Phi) is 4.82. The topological polar surface area (TPSA) is 93.4 Å². The summed E-state index contributed by atoms with van der Waals surface area (Å²) >= 11 is 0. The fourth-order valence-corrected chi connectivity index (χ4v) is 2.85. The highest BCUT2D eigenvalue weighted by molar-refractivity contribution is 5.91. The lowest BCUT2D eigenvalue weighted by Gasteiger charge is -2.19. The maximum atomic E-state index is 11.2. The van der Waals surface area contributed by atoms with E-state index in [2.05, 4.69) is 15.1 Å². The van der Waals surface area contributed by atoms with E-state index >= 15 is 0 Å². The van der Waals surface area contributed by atoms with Crippen LogP contribution in [0.3, 0.4) is 0 Å². The molecule has 0 atom stereocenters. The molecule has 0 saturated carbocycles. The minimum Gasteiger partial charge on any atom is -0.478 e. The molecule has 2 heterocycles. The van der Waals surface area contributed by atoms with Crippen LogP contribution in [-0.2, 0) is 0 Å². The number of carboxylic acids is 1. The maximum absolute atomic E-state index is 11.2. The van der Waals surface area contributed by atoms with Gasteiger partial charge in [0, 0.05) is 31.2 Å². The van der Waals surface area contributed by atoms with Crippen molar-refractivity contribution < 1.29 is 14.6 Å². The van der Waals surface area contributed by atoms with Gasteiger partial charge in [-0.05, 0) is 31.2 Å². The molecule has 0 aliphatic heterocycles. The molecule has 4 rings (SSSR count). The lowest BCUT2D eigenvalue weighted by atomic mass is 10.2. The first-order valence-corrected chi connectivity index (χ1v) is 9.09. The molecular formula is C21H19N5O3. The van der Waals surface area contributed by atoms with Crippen LogP contribution in [0.25, 0.3) is 16.9 Å². The summed E-state index contributed by atoms with van der Waals surface area (Å²) in [5, 5.41) is 14.1. The average molecular weight is 389 g/mol. The zero-order chi connectivity index (χ0) is 20.4. The van der Waals surface area contributed by atoms with Crippen molar-refractivity contribution in [3.8, 4) is 17.4 Å². The Morgan fingerprint density at radius 1 is 1.14 bits per heavy atom. The Morgan fingerprint density at radius 3 is 2.62 bits per heavy atom. The van der Waals surface area contributed by atoms with E-state index in [1.54, 1.807) is 0 Å². The van der Waals surface area contributed by atoms with Crippen LogP contribution >= 0.6 is 0 Å². The highest BCUT2D eigenvalue weighted by atomic mass is 16.5. The zero-order valence-electron chi connectivity index (χ0n) is 16.0. The highest BCUT2D eigenvalue weighted by Crippen LogP contribution is 2.29. The fourth-order valence-electron chi connectivity index (χ4n) is 2.85. The van der Waals surface area contributed by atoms with Crippen molar-refractivity contribution in [2.75, 3.05) is 18.5 Å². The Labute approximate surface area is 167 Å². The van der Waals surface area contributed by atoms with E-state index in [9.17, 15) is 4.79 Å². The molecule has 2 aromatic carbocycles. The van der Waals surface area contributed by atoms with E-state index in [0.29, 0.717) is 11.3 Å². The van der Waals surface area contributed by atoms with Gasteiger partial charge in [0.05, 0.1) is 17.3 Å². The van der Waals surface area contributed by atoms with Gasteiger partial charge in [-0.15, -0.1) is 0 Å². The van der Waals surface area contributed by atoms with Crippen molar-refractivity contribution >= 4 is 22.7 Å². The first kappa shape index (κ1) is 18.4. The van der Waals surface area contributed by atoms with E-state index in [1.807, 2.05) is 67.4 Å². The van der Waals surface area contributed by atoms with Gasteiger partial charge in [-0.3, -0.25) is 0 Å². The van der Waals surface area contributed by atoms with Gasteiger partial charge in [0.2, 0.25) is 0 Å². The van der Waals surface area contributed by atoms with Crippen LogP contribution in [0.15, 0.2) is 60.9 Å². The summed E-state index contributed by atoms with van der Waals surface area (Å²) in [6.45, 7) is 2.77. The second-order valence-corrected chi connectivity index (χ2v) is 6.43. The Bertz CT molecular complexity index is 1170. The van der Waals surface area contributed by atoms with Crippen molar-refractivity contribution in [3.63, 3.8) is 0 Å². The number of hydrogen-bond acceptors (Lipinski definition) is 6. The number of para-hydroxylation sites is 1. The van der Waals surface area contributed by atoms with Gasteiger partial charge in [-0.25, -0.2) is 14.5 Å². The molecule has 0 bridgehead atoms. The van der Waals surface area contributed by atoms with E-state index in [4.69, 9.17) is 9.84 Å². The zero-order valence-corrected chi connectivity index (χ0v) is 16.0. The van der Waals surface area contributed by atoms with Crippen molar-refractivity contribution in [3.05, 3.63) is 66.5 Å². The summed E-state index contributed by atoms with van der Waals surface area (Å²) in [5.41, 5.74) is 0.742. The summed E-state index contributed by atoms with van der Waals surface area (Å²) < 4.78 is 7.28. The molecule has 2 aromatic heterocycles. The van der Waals surface area contributed by atoms with E-state index in [1.165, 1.54) is 17.1 Å². The quantitative estimate of drug-likeness (QED) is 0.536. The van der Waals surface area contributed by atoms with Crippen molar-refractivity contribution in [2.24, 2.45) is 0 Å². The van der Waals surface area contributed by atoms with Gasteiger partial charge in [0.1, 0.15) is 17.3 Å². The molecule has 0 radical (unpaired) electrons. The lowest BCUT2D eigenvalue weighted by molar-refractivity contribution is 0.0697. The largest absolute Gasteiger partial charge is 0.478 e. The number of carboxylic acid groups (broad SMARTS) is 1. The molecular weight excluding hydrogens is 370 g/mol. The van der Waals surface area contributed by atoms with Gasteiger partial charge in [-0.2, -0.15) is 10.1 Å². The third-order valence-corrected chi connectivity index (χ3v) is 4.49. The lowest BCUT2D eigenvalue weighted by Crippen LogP contribution is -2.19. The molecule has 4 aromatic rings. The summed E-state index contributed by atoms with van der Waals surface area (Å²) in [6, 6.07) is 15.1. The summed E-state index contributed by atoms with van der Waals surface area (Å²) in [4.78, 5) is 22.4. The number of ether oxygens (including phenoxy) is 1. The van der Waals surface area contributed by atoms with E-state index in [0.717, 1.165) is 23.5 Å². The van der Waals surface area contributed by atoms with Crippen LogP contribution in [0, 0.1) is 0 Å². The van der Waals surface area contributed by atoms with Crippen LogP contribution in [-0.4, -0.2) is 44.4 Å². The first-order chi connectivity index (χ1) is 14.0. The number of nitrogens with zero attached hydrogens (tertiary/aromatic N) is 5. The third kappa shape index (κ3) is 3.73. The molecule has 0 spiro atoms. The molecule has 0 amide bonds. The maximum Gasteiger partial charge on any atom is 0.338 e. The molecule has 0 aliphatic carbocycles. The average Bonchev–Trinajstić information content (AvgIpc) is 3.23. The van der Waals surface area contributed by atoms with Crippen LogP contribution in [0.5, 0.6) is 11.5 Å².